The van der Waals surface area contributed by atoms with Crippen molar-refractivity contribution in [2.75, 3.05) is 6.54 Å². The molecule has 0 unspecified atom stereocenters. The molecule has 0 amide bonds. The number of hydrogen-bond donors (Lipinski definition) is 2. The highest BCUT2D eigenvalue weighted by atomic mass is 16.3. The molecule has 0 aromatic heterocycles. The predicted molar refractivity (Wildman–Crippen MR) is 76.6 cm³/mol. The summed E-state index contributed by atoms with van der Waals surface area (Å²) in [5.41, 5.74) is 1.58. The minimum Gasteiger partial charge on any atom is -0.385 e. The van der Waals surface area contributed by atoms with Crippen LogP contribution in [0.2, 0.25) is 0 Å². The van der Waals surface area contributed by atoms with E-state index >= 15 is 0 Å². The van der Waals surface area contributed by atoms with Crippen LogP contribution in [0.15, 0.2) is 72.4 Å². The molecule has 0 radical (unpaired) electrons. The van der Waals surface area contributed by atoms with Crippen LogP contribution in [0.3, 0.4) is 0 Å². The van der Waals surface area contributed by atoms with Crippen molar-refractivity contribution in [3.63, 3.8) is 0 Å². The molecule has 0 atom stereocenters. The van der Waals surface area contributed by atoms with E-state index in [0.717, 1.165) is 29.8 Å². The summed E-state index contributed by atoms with van der Waals surface area (Å²) in [6.07, 6.45) is 3.04. The molecule has 0 saturated carbocycles. The predicted octanol–water partition coefficient (Wildman–Crippen LogP) is 2.80. The quantitative estimate of drug-likeness (QED) is 0.879. The first kappa shape index (κ1) is 12.0. The molecule has 0 spiro atoms. The molecule has 19 heavy (non-hydrogen) atoms. The number of aliphatic hydroxyl groups is 1. The van der Waals surface area contributed by atoms with Crippen molar-refractivity contribution in [1.29, 1.82) is 0 Å². The van der Waals surface area contributed by atoms with E-state index < -0.39 is 5.60 Å². The molecule has 1 aliphatic heterocycles. The van der Waals surface area contributed by atoms with E-state index in [-0.39, 0.29) is 0 Å². The molecule has 2 aromatic carbocycles. The fraction of sp³-hybridized carbons (Fsp3) is 0.176. The lowest BCUT2D eigenvalue weighted by atomic mass is 9.83. The van der Waals surface area contributed by atoms with Crippen LogP contribution in [0, 0.1) is 0 Å². The molecular formula is C17H17NO. The van der Waals surface area contributed by atoms with Gasteiger partial charge in [-0.2, -0.15) is 0 Å². The maximum Gasteiger partial charge on any atom is 0.154 e. The van der Waals surface area contributed by atoms with Gasteiger partial charge in [0.15, 0.2) is 5.60 Å². The maximum absolute atomic E-state index is 11.3. The van der Waals surface area contributed by atoms with E-state index in [1.165, 1.54) is 0 Å². The van der Waals surface area contributed by atoms with E-state index in [2.05, 4.69) is 11.4 Å². The highest BCUT2D eigenvalue weighted by Crippen LogP contribution is 2.36. The van der Waals surface area contributed by atoms with Gasteiger partial charge in [0.05, 0.1) is 0 Å². The Morgan fingerprint density at radius 1 is 0.842 bits per heavy atom. The standard InChI is InChI=1S/C17H17NO/c19-17(16-12-7-13-18-16,14-8-3-1-4-9-14)15-10-5-2-6-11-15/h1-6,8-12,18-19H,7,13H2. The van der Waals surface area contributed by atoms with Crippen molar-refractivity contribution in [2.45, 2.75) is 12.0 Å². The largest absolute Gasteiger partial charge is 0.385 e. The van der Waals surface area contributed by atoms with Gasteiger partial charge in [0.2, 0.25) is 0 Å². The van der Waals surface area contributed by atoms with Crippen molar-refractivity contribution in [1.82, 2.24) is 5.32 Å². The third-order valence-electron chi connectivity index (χ3n) is 3.58. The van der Waals surface area contributed by atoms with E-state index in [1.807, 2.05) is 60.7 Å². The fourth-order valence-electron chi connectivity index (χ4n) is 2.61. The van der Waals surface area contributed by atoms with Gasteiger partial charge >= 0.3 is 0 Å². The van der Waals surface area contributed by atoms with Crippen molar-refractivity contribution in [3.05, 3.63) is 83.6 Å². The second kappa shape index (κ2) is 4.90. The average molecular weight is 251 g/mol. The molecule has 2 heteroatoms. The van der Waals surface area contributed by atoms with Crippen molar-refractivity contribution < 1.29 is 5.11 Å². The Labute approximate surface area is 113 Å². The third kappa shape index (κ3) is 2.04. The zero-order valence-corrected chi connectivity index (χ0v) is 10.7. The zero-order valence-electron chi connectivity index (χ0n) is 10.7. The molecule has 0 fully saturated rings. The molecule has 2 N–H and O–H groups in total. The van der Waals surface area contributed by atoms with Crippen LogP contribution >= 0.6 is 0 Å². The second-order valence-electron chi connectivity index (χ2n) is 4.78. The fourth-order valence-corrected chi connectivity index (χ4v) is 2.61. The summed E-state index contributed by atoms with van der Waals surface area (Å²) in [4.78, 5) is 0. The number of hydrogen-bond acceptors (Lipinski definition) is 2. The SMILES string of the molecule is OC(C1=CCCN1)(c1ccccc1)c1ccccc1. The first-order chi connectivity index (χ1) is 9.32. The van der Waals surface area contributed by atoms with Gasteiger partial charge in [0.25, 0.3) is 0 Å². The van der Waals surface area contributed by atoms with Gasteiger partial charge in [0, 0.05) is 12.2 Å². The Morgan fingerprint density at radius 3 is 1.79 bits per heavy atom. The van der Waals surface area contributed by atoms with Crippen molar-refractivity contribution in [2.24, 2.45) is 0 Å². The lowest BCUT2D eigenvalue weighted by Gasteiger charge is -2.31. The zero-order chi connectivity index (χ0) is 13.1. The van der Waals surface area contributed by atoms with Gasteiger partial charge in [0.1, 0.15) is 0 Å². The topological polar surface area (TPSA) is 32.3 Å². The number of nitrogens with one attached hydrogen (secondary N) is 1. The van der Waals surface area contributed by atoms with Crippen molar-refractivity contribution in [3.8, 4) is 0 Å². The number of rotatable bonds is 3. The smallest absolute Gasteiger partial charge is 0.154 e. The molecule has 3 rings (SSSR count). The summed E-state index contributed by atoms with van der Waals surface area (Å²) >= 11 is 0. The van der Waals surface area contributed by atoms with Crippen LogP contribution in [0.25, 0.3) is 0 Å². The summed E-state index contributed by atoms with van der Waals surface area (Å²) in [6, 6.07) is 19.6. The number of benzene rings is 2. The Morgan fingerprint density at radius 2 is 1.37 bits per heavy atom. The van der Waals surface area contributed by atoms with Crippen LogP contribution < -0.4 is 5.32 Å². The Balaban J connectivity index is 2.16. The van der Waals surface area contributed by atoms with Crippen LogP contribution in [0.5, 0.6) is 0 Å². The van der Waals surface area contributed by atoms with Gasteiger partial charge in [-0.1, -0.05) is 66.7 Å². The monoisotopic (exact) mass is 251 g/mol. The van der Waals surface area contributed by atoms with Crippen molar-refractivity contribution >= 4 is 0 Å². The first-order valence-corrected chi connectivity index (χ1v) is 6.60. The molecule has 1 heterocycles. The van der Waals surface area contributed by atoms with Crippen LogP contribution in [-0.4, -0.2) is 11.7 Å². The molecule has 2 aromatic rings. The lowest BCUT2D eigenvalue weighted by Crippen LogP contribution is -2.35. The van der Waals surface area contributed by atoms with Crippen LogP contribution in [0.1, 0.15) is 17.5 Å². The molecule has 0 bridgehead atoms. The van der Waals surface area contributed by atoms with E-state index in [0.29, 0.717) is 0 Å². The first-order valence-electron chi connectivity index (χ1n) is 6.60. The summed E-state index contributed by atoms with van der Waals surface area (Å²) in [7, 11) is 0. The molecular weight excluding hydrogens is 234 g/mol. The molecule has 0 aliphatic carbocycles. The summed E-state index contributed by atoms with van der Waals surface area (Å²) in [5, 5.41) is 14.6. The van der Waals surface area contributed by atoms with Gasteiger partial charge in [-0.15, -0.1) is 0 Å². The summed E-state index contributed by atoms with van der Waals surface area (Å²) in [5.74, 6) is 0. The van der Waals surface area contributed by atoms with Crippen LogP contribution in [-0.2, 0) is 5.60 Å². The average Bonchev–Trinajstić information content (AvgIpc) is 3.03. The van der Waals surface area contributed by atoms with Gasteiger partial charge in [-0.25, -0.2) is 0 Å². The van der Waals surface area contributed by atoms with E-state index in [4.69, 9.17) is 0 Å². The maximum atomic E-state index is 11.3. The van der Waals surface area contributed by atoms with E-state index in [1.54, 1.807) is 0 Å². The van der Waals surface area contributed by atoms with Gasteiger partial charge in [-0.05, 0) is 17.5 Å². The third-order valence-corrected chi connectivity index (χ3v) is 3.58. The Kier molecular flexibility index (Phi) is 3.10. The minimum atomic E-state index is -1.08. The normalized spacial score (nSPS) is 14.9. The van der Waals surface area contributed by atoms with E-state index in [9.17, 15) is 5.11 Å². The molecule has 2 nitrogen and oxygen atoms in total. The van der Waals surface area contributed by atoms with Gasteiger partial charge < -0.3 is 10.4 Å². The summed E-state index contributed by atoms with van der Waals surface area (Å²) in [6.45, 7) is 0.886. The Hall–Kier alpha value is -2.06. The molecule has 96 valence electrons. The van der Waals surface area contributed by atoms with Crippen LogP contribution in [0.4, 0.5) is 0 Å². The molecule has 0 saturated heterocycles. The second-order valence-corrected chi connectivity index (χ2v) is 4.78. The van der Waals surface area contributed by atoms with Gasteiger partial charge in [-0.3, -0.25) is 0 Å². The highest BCUT2D eigenvalue weighted by Gasteiger charge is 2.36. The molecule has 1 aliphatic rings. The summed E-state index contributed by atoms with van der Waals surface area (Å²) < 4.78 is 0. The Bertz CT molecular complexity index is 535. The highest BCUT2D eigenvalue weighted by molar-refractivity contribution is 5.45. The lowest BCUT2D eigenvalue weighted by molar-refractivity contribution is 0.115. The minimum absolute atomic E-state index is 0.880.